The van der Waals surface area contributed by atoms with Crippen molar-refractivity contribution < 1.29 is 14.0 Å². The summed E-state index contributed by atoms with van der Waals surface area (Å²) in [5.74, 6) is 1.86. The van der Waals surface area contributed by atoms with Crippen LogP contribution in [0, 0.1) is 0 Å². The Hall–Kier alpha value is -1.99. The largest absolute Gasteiger partial charge is 0.481 e. The Labute approximate surface area is 122 Å². The van der Waals surface area contributed by atoms with E-state index in [1.54, 1.807) is 20.4 Å². The molecule has 7 nitrogen and oxygen atoms in total. The Morgan fingerprint density at radius 1 is 1.38 bits per heavy atom. The number of methoxy groups -OCH3 is 2. The van der Waals surface area contributed by atoms with E-state index in [9.17, 15) is 0 Å². The number of aromatic nitrogens is 3. The fourth-order valence-electron chi connectivity index (χ4n) is 2.37. The van der Waals surface area contributed by atoms with Crippen molar-refractivity contribution in [1.29, 1.82) is 0 Å². The van der Waals surface area contributed by atoms with Crippen molar-refractivity contribution in [2.45, 2.75) is 25.0 Å². The van der Waals surface area contributed by atoms with Crippen LogP contribution in [-0.4, -0.2) is 42.0 Å². The van der Waals surface area contributed by atoms with Gasteiger partial charge in [-0.2, -0.15) is 4.98 Å². The van der Waals surface area contributed by atoms with Gasteiger partial charge in [0.25, 0.3) is 0 Å². The number of ether oxygens (including phenoxy) is 2. The van der Waals surface area contributed by atoms with E-state index >= 15 is 0 Å². The van der Waals surface area contributed by atoms with Crippen molar-refractivity contribution in [3.05, 3.63) is 35.6 Å². The Morgan fingerprint density at radius 3 is 2.95 bits per heavy atom. The number of hydrogen-bond donors (Lipinski definition) is 1. The monoisotopic (exact) mass is 290 g/mol. The van der Waals surface area contributed by atoms with Crippen LogP contribution in [0.2, 0.25) is 0 Å². The molecule has 112 valence electrons. The van der Waals surface area contributed by atoms with Crippen LogP contribution in [-0.2, 0) is 11.2 Å². The van der Waals surface area contributed by atoms with Gasteiger partial charge < -0.3 is 19.3 Å². The van der Waals surface area contributed by atoms with E-state index in [4.69, 9.17) is 14.0 Å². The second-order valence-electron chi connectivity index (χ2n) is 4.99. The fraction of sp³-hybridized carbons (Fsp3) is 0.500. The molecule has 1 fully saturated rings. The van der Waals surface area contributed by atoms with E-state index in [1.807, 2.05) is 12.1 Å². The van der Waals surface area contributed by atoms with E-state index in [0.29, 0.717) is 24.0 Å². The lowest BCUT2D eigenvalue weighted by Gasteiger charge is -2.04. The molecule has 3 heterocycles. The Bertz CT molecular complexity index is 584. The molecule has 1 N–H and O–H groups in total. The molecule has 0 saturated carbocycles. The molecular weight excluding hydrogens is 272 g/mol. The molecule has 2 aromatic rings. The summed E-state index contributed by atoms with van der Waals surface area (Å²) in [5, 5.41) is 7.34. The topological polar surface area (TPSA) is 82.3 Å². The molecule has 1 saturated heterocycles. The Balaban J connectivity index is 1.64. The Kier molecular flexibility index (Phi) is 4.12. The maximum Gasteiger partial charge on any atom is 0.243 e. The summed E-state index contributed by atoms with van der Waals surface area (Å²) in [5.41, 5.74) is 1.01. The van der Waals surface area contributed by atoms with Crippen LogP contribution in [0.15, 0.2) is 22.9 Å². The van der Waals surface area contributed by atoms with E-state index in [-0.39, 0.29) is 12.1 Å². The third kappa shape index (κ3) is 3.20. The van der Waals surface area contributed by atoms with Gasteiger partial charge in [0.15, 0.2) is 5.82 Å². The van der Waals surface area contributed by atoms with E-state index in [2.05, 4.69) is 20.4 Å². The van der Waals surface area contributed by atoms with Crippen molar-refractivity contribution in [2.75, 3.05) is 20.8 Å². The zero-order valence-corrected chi connectivity index (χ0v) is 12.1. The van der Waals surface area contributed by atoms with E-state index in [1.165, 1.54) is 0 Å². The molecular formula is C14H18N4O3. The number of rotatable bonds is 5. The van der Waals surface area contributed by atoms with Gasteiger partial charge in [-0.3, -0.25) is 0 Å². The standard InChI is InChI=1S/C14H18N4O3/c1-19-10-6-11(15-8-10)14-17-12(18-21-14)5-9-3-4-13(20-2)16-7-9/h3-4,7,10-11,15H,5-6,8H2,1-2H3. The smallest absolute Gasteiger partial charge is 0.243 e. The quantitative estimate of drug-likeness (QED) is 0.883. The third-order valence-corrected chi connectivity index (χ3v) is 3.57. The molecule has 0 bridgehead atoms. The normalized spacial score (nSPS) is 21.6. The van der Waals surface area contributed by atoms with Crippen LogP contribution in [0.3, 0.4) is 0 Å². The average molecular weight is 290 g/mol. The van der Waals surface area contributed by atoms with E-state index in [0.717, 1.165) is 18.5 Å². The Morgan fingerprint density at radius 2 is 2.29 bits per heavy atom. The molecule has 21 heavy (non-hydrogen) atoms. The summed E-state index contributed by atoms with van der Waals surface area (Å²) in [6.45, 7) is 0.807. The number of hydrogen-bond acceptors (Lipinski definition) is 7. The average Bonchev–Trinajstić information content (AvgIpc) is 3.16. The van der Waals surface area contributed by atoms with Crippen LogP contribution >= 0.6 is 0 Å². The molecule has 0 amide bonds. The van der Waals surface area contributed by atoms with Crippen molar-refractivity contribution >= 4 is 0 Å². The molecule has 3 rings (SSSR count). The lowest BCUT2D eigenvalue weighted by atomic mass is 10.2. The predicted molar refractivity (Wildman–Crippen MR) is 74.1 cm³/mol. The van der Waals surface area contributed by atoms with Crippen LogP contribution in [0.5, 0.6) is 5.88 Å². The molecule has 2 atom stereocenters. The van der Waals surface area contributed by atoms with Crippen molar-refractivity contribution in [1.82, 2.24) is 20.4 Å². The summed E-state index contributed by atoms with van der Waals surface area (Å²) in [6, 6.07) is 3.83. The van der Waals surface area contributed by atoms with Gasteiger partial charge in [0.2, 0.25) is 11.8 Å². The number of nitrogens with zero attached hydrogens (tertiary/aromatic N) is 3. The molecule has 2 unspecified atom stereocenters. The SMILES string of the molecule is COc1ccc(Cc2noc(C3CC(OC)CN3)n2)cn1. The fourth-order valence-corrected chi connectivity index (χ4v) is 2.37. The first kappa shape index (κ1) is 14.0. The zero-order valence-electron chi connectivity index (χ0n) is 12.1. The molecule has 2 aromatic heterocycles. The number of nitrogens with one attached hydrogen (secondary N) is 1. The summed E-state index contributed by atoms with van der Waals surface area (Å²) in [4.78, 5) is 8.61. The second-order valence-corrected chi connectivity index (χ2v) is 4.99. The minimum absolute atomic E-state index is 0.0743. The molecule has 0 spiro atoms. The summed E-state index contributed by atoms with van der Waals surface area (Å²) >= 11 is 0. The van der Waals surface area contributed by atoms with Crippen LogP contribution in [0.4, 0.5) is 0 Å². The predicted octanol–water partition coefficient (Wildman–Crippen LogP) is 1.11. The van der Waals surface area contributed by atoms with Gasteiger partial charge in [-0.25, -0.2) is 4.98 Å². The van der Waals surface area contributed by atoms with Crippen LogP contribution < -0.4 is 10.1 Å². The highest BCUT2D eigenvalue weighted by molar-refractivity contribution is 5.20. The lowest BCUT2D eigenvalue weighted by Crippen LogP contribution is -2.16. The lowest BCUT2D eigenvalue weighted by molar-refractivity contribution is 0.116. The third-order valence-electron chi connectivity index (χ3n) is 3.57. The maximum atomic E-state index is 5.33. The van der Waals surface area contributed by atoms with Gasteiger partial charge in [0.05, 0.1) is 19.3 Å². The molecule has 7 heteroatoms. The molecule has 0 aliphatic carbocycles. The van der Waals surface area contributed by atoms with Crippen LogP contribution in [0.25, 0.3) is 0 Å². The highest BCUT2D eigenvalue weighted by Gasteiger charge is 2.29. The van der Waals surface area contributed by atoms with Gasteiger partial charge in [0.1, 0.15) is 0 Å². The molecule has 0 radical (unpaired) electrons. The zero-order chi connectivity index (χ0) is 14.7. The molecule has 1 aliphatic rings. The first-order chi connectivity index (χ1) is 10.3. The van der Waals surface area contributed by atoms with Crippen LogP contribution in [0.1, 0.15) is 29.7 Å². The first-order valence-corrected chi connectivity index (χ1v) is 6.86. The van der Waals surface area contributed by atoms with Gasteiger partial charge in [-0.05, 0) is 12.0 Å². The van der Waals surface area contributed by atoms with Crippen molar-refractivity contribution in [3.8, 4) is 5.88 Å². The molecule has 1 aliphatic heterocycles. The second kappa shape index (κ2) is 6.19. The minimum Gasteiger partial charge on any atom is -0.481 e. The van der Waals surface area contributed by atoms with Gasteiger partial charge in [-0.15, -0.1) is 0 Å². The van der Waals surface area contributed by atoms with Gasteiger partial charge in [0, 0.05) is 32.3 Å². The first-order valence-electron chi connectivity index (χ1n) is 6.86. The van der Waals surface area contributed by atoms with Gasteiger partial charge in [-0.1, -0.05) is 11.2 Å². The maximum absolute atomic E-state index is 5.33. The van der Waals surface area contributed by atoms with Crippen molar-refractivity contribution in [3.63, 3.8) is 0 Å². The highest BCUT2D eigenvalue weighted by atomic mass is 16.5. The minimum atomic E-state index is 0.0743. The summed E-state index contributed by atoms with van der Waals surface area (Å²) in [6.07, 6.45) is 3.39. The summed E-state index contributed by atoms with van der Waals surface area (Å²) < 4.78 is 15.7. The summed E-state index contributed by atoms with van der Waals surface area (Å²) in [7, 11) is 3.31. The van der Waals surface area contributed by atoms with Crippen molar-refractivity contribution in [2.24, 2.45) is 0 Å². The van der Waals surface area contributed by atoms with Gasteiger partial charge >= 0.3 is 0 Å². The molecule has 0 aromatic carbocycles. The number of pyridine rings is 1. The van der Waals surface area contributed by atoms with E-state index < -0.39 is 0 Å². The highest BCUT2D eigenvalue weighted by Crippen LogP contribution is 2.23.